The van der Waals surface area contributed by atoms with Crippen LogP contribution in [0.25, 0.3) is 0 Å². The third-order valence-corrected chi connectivity index (χ3v) is 4.90. The van der Waals surface area contributed by atoms with Crippen LogP contribution in [0.3, 0.4) is 0 Å². The highest BCUT2D eigenvalue weighted by Gasteiger charge is 2.23. The monoisotopic (exact) mass is 389 g/mol. The van der Waals surface area contributed by atoms with Crippen LogP contribution < -0.4 is 5.32 Å². The Morgan fingerprint density at radius 1 is 1.33 bits per heavy atom. The van der Waals surface area contributed by atoms with Crippen LogP contribution >= 0.6 is 39.1 Å². The maximum Gasteiger partial charge on any atom is 0.0837 e. The standard InChI is InChI=1S/C15H18BrCl2N3/c1-3-8-19-14(10-6-5-7-11(16)13(10)18)15-12(17)9-20-21(15)4-2/h5-7,9,14,19H,3-4,8H2,1-2H3. The van der Waals surface area contributed by atoms with Crippen molar-refractivity contribution in [2.75, 3.05) is 6.54 Å². The van der Waals surface area contributed by atoms with E-state index in [-0.39, 0.29) is 6.04 Å². The van der Waals surface area contributed by atoms with Crippen LogP contribution in [0.2, 0.25) is 10.0 Å². The third kappa shape index (κ3) is 3.62. The Balaban J connectivity index is 2.52. The summed E-state index contributed by atoms with van der Waals surface area (Å²) >= 11 is 16.3. The summed E-state index contributed by atoms with van der Waals surface area (Å²) in [5.41, 5.74) is 1.95. The molecule has 1 atom stereocenters. The van der Waals surface area contributed by atoms with Crippen molar-refractivity contribution in [3.8, 4) is 0 Å². The summed E-state index contributed by atoms with van der Waals surface area (Å²) in [6.45, 7) is 5.81. The molecule has 0 spiro atoms. The van der Waals surface area contributed by atoms with Crippen LogP contribution in [0.5, 0.6) is 0 Å². The second kappa shape index (κ2) is 7.63. The van der Waals surface area contributed by atoms with E-state index in [2.05, 4.69) is 33.3 Å². The van der Waals surface area contributed by atoms with Gasteiger partial charge in [-0.3, -0.25) is 4.68 Å². The van der Waals surface area contributed by atoms with Gasteiger partial charge in [-0.25, -0.2) is 0 Å². The molecule has 0 saturated heterocycles. The number of aryl methyl sites for hydroxylation is 1. The molecule has 6 heteroatoms. The SMILES string of the molecule is CCCNC(c1cccc(Br)c1Cl)c1c(Cl)cnn1CC. The fraction of sp³-hybridized carbons (Fsp3) is 0.400. The summed E-state index contributed by atoms with van der Waals surface area (Å²) in [6.07, 6.45) is 2.72. The predicted octanol–water partition coefficient (Wildman–Crippen LogP) is 5.06. The van der Waals surface area contributed by atoms with Crippen molar-refractivity contribution in [2.24, 2.45) is 0 Å². The number of aromatic nitrogens is 2. The molecular weight excluding hydrogens is 373 g/mol. The van der Waals surface area contributed by atoms with Crippen LogP contribution in [0.1, 0.15) is 37.6 Å². The molecule has 0 bridgehead atoms. The van der Waals surface area contributed by atoms with Crippen LogP contribution in [0, 0.1) is 0 Å². The van der Waals surface area contributed by atoms with Gasteiger partial charge in [0.1, 0.15) is 0 Å². The zero-order valence-electron chi connectivity index (χ0n) is 12.0. The lowest BCUT2D eigenvalue weighted by molar-refractivity contribution is 0.530. The Labute approximate surface area is 143 Å². The van der Waals surface area contributed by atoms with E-state index in [1.807, 2.05) is 29.8 Å². The Hall–Kier alpha value is -0.550. The molecule has 1 aromatic heterocycles. The van der Waals surface area contributed by atoms with Crippen LogP contribution in [-0.4, -0.2) is 16.3 Å². The minimum absolute atomic E-state index is 0.0788. The fourth-order valence-electron chi connectivity index (χ4n) is 2.30. The van der Waals surface area contributed by atoms with E-state index in [1.165, 1.54) is 0 Å². The number of hydrogen-bond acceptors (Lipinski definition) is 2. The number of nitrogens with zero attached hydrogens (tertiary/aromatic N) is 2. The first-order chi connectivity index (χ1) is 10.1. The number of halogens is 3. The molecule has 1 heterocycles. The number of benzene rings is 1. The molecule has 21 heavy (non-hydrogen) atoms. The quantitative estimate of drug-likeness (QED) is 0.746. The van der Waals surface area contributed by atoms with E-state index in [0.29, 0.717) is 10.0 Å². The molecular formula is C15H18BrCl2N3. The first-order valence-electron chi connectivity index (χ1n) is 6.98. The minimum Gasteiger partial charge on any atom is -0.305 e. The molecule has 1 aromatic carbocycles. The zero-order chi connectivity index (χ0) is 15.4. The largest absolute Gasteiger partial charge is 0.305 e. The van der Waals surface area contributed by atoms with Crippen molar-refractivity contribution in [1.29, 1.82) is 0 Å². The first kappa shape index (κ1) is 16.8. The Bertz CT molecular complexity index is 613. The van der Waals surface area contributed by atoms with Gasteiger partial charge in [-0.05, 0) is 47.4 Å². The molecule has 0 fully saturated rings. The van der Waals surface area contributed by atoms with Gasteiger partial charge >= 0.3 is 0 Å². The van der Waals surface area contributed by atoms with Gasteiger partial charge in [0.2, 0.25) is 0 Å². The lowest BCUT2D eigenvalue weighted by Gasteiger charge is -2.22. The van der Waals surface area contributed by atoms with E-state index in [4.69, 9.17) is 23.2 Å². The molecule has 0 saturated carbocycles. The number of rotatable bonds is 6. The third-order valence-electron chi connectivity index (χ3n) is 3.30. The predicted molar refractivity (Wildman–Crippen MR) is 92.2 cm³/mol. The molecule has 0 aliphatic heterocycles. The van der Waals surface area contributed by atoms with E-state index in [0.717, 1.165) is 35.2 Å². The van der Waals surface area contributed by atoms with Crippen LogP contribution in [-0.2, 0) is 6.54 Å². The van der Waals surface area contributed by atoms with Crippen molar-refractivity contribution < 1.29 is 0 Å². The first-order valence-corrected chi connectivity index (χ1v) is 8.53. The topological polar surface area (TPSA) is 29.9 Å². The summed E-state index contributed by atoms with van der Waals surface area (Å²) in [4.78, 5) is 0. The van der Waals surface area contributed by atoms with Crippen LogP contribution in [0.15, 0.2) is 28.9 Å². The summed E-state index contributed by atoms with van der Waals surface area (Å²) < 4.78 is 2.79. The van der Waals surface area contributed by atoms with Crippen molar-refractivity contribution in [3.05, 3.63) is 50.2 Å². The van der Waals surface area contributed by atoms with Gasteiger partial charge < -0.3 is 5.32 Å². The van der Waals surface area contributed by atoms with Crippen LogP contribution in [0.4, 0.5) is 0 Å². The molecule has 114 valence electrons. The molecule has 0 radical (unpaired) electrons. The number of hydrogen-bond donors (Lipinski definition) is 1. The highest BCUT2D eigenvalue weighted by atomic mass is 79.9. The van der Waals surface area contributed by atoms with E-state index in [1.54, 1.807) is 6.20 Å². The van der Waals surface area contributed by atoms with Gasteiger partial charge in [0.15, 0.2) is 0 Å². The highest BCUT2D eigenvalue weighted by Crippen LogP contribution is 2.35. The second-order valence-electron chi connectivity index (χ2n) is 4.72. The van der Waals surface area contributed by atoms with Crippen molar-refractivity contribution >= 4 is 39.1 Å². The Kier molecular flexibility index (Phi) is 6.11. The molecule has 0 aliphatic carbocycles. The van der Waals surface area contributed by atoms with Crippen molar-refractivity contribution in [3.63, 3.8) is 0 Å². The summed E-state index contributed by atoms with van der Waals surface area (Å²) in [7, 11) is 0. The van der Waals surface area contributed by atoms with Gasteiger partial charge in [-0.2, -0.15) is 5.10 Å². The molecule has 1 N–H and O–H groups in total. The summed E-state index contributed by atoms with van der Waals surface area (Å²) in [6, 6.07) is 5.85. The fourth-order valence-corrected chi connectivity index (χ4v) is 3.16. The molecule has 0 amide bonds. The molecule has 2 aromatic rings. The Morgan fingerprint density at radius 3 is 2.76 bits per heavy atom. The van der Waals surface area contributed by atoms with E-state index < -0.39 is 0 Å². The Morgan fingerprint density at radius 2 is 2.10 bits per heavy atom. The van der Waals surface area contributed by atoms with E-state index in [9.17, 15) is 0 Å². The van der Waals surface area contributed by atoms with Gasteiger partial charge in [0.25, 0.3) is 0 Å². The number of nitrogens with one attached hydrogen (secondary N) is 1. The normalized spacial score (nSPS) is 12.6. The maximum atomic E-state index is 6.47. The molecule has 3 nitrogen and oxygen atoms in total. The van der Waals surface area contributed by atoms with Crippen molar-refractivity contribution in [1.82, 2.24) is 15.1 Å². The molecule has 0 aliphatic rings. The lowest BCUT2D eigenvalue weighted by Crippen LogP contribution is -2.26. The van der Waals surface area contributed by atoms with Gasteiger partial charge in [0.05, 0.1) is 28.0 Å². The van der Waals surface area contributed by atoms with E-state index >= 15 is 0 Å². The smallest absolute Gasteiger partial charge is 0.0837 e. The average Bonchev–Trinajstić information content (AvgIpc) is 2.85. The second-order valence-corrected chi connectivity index (χ2v) is 6.36. The highest BCUT2D eigenvalue weighted by molar-refractivity contribution is 9.10. The van der Waals surface area contributed by atoms with Gasteiger partial charge in [-0.1, -0.05) is 42.3 Å². The summed E-state index contributed by atoms with van der Waals surface area (Å²) in [5, 5.41) is 9.21. The lowest BCUT2D eigenvalue weighted by atomic mass is 10.0. The maximum absolute atomic E-state index is 6.47. The zero-order valence-corrected chi connectivity index (χ0v) is 15.1. The minimum atomic E-state index is -0.0788. The average molecular weight is 391 g/mol. The van der Waals surface area contributed by atoms with Gasteiger partial charge in [0, 0.05) is 11.0 Å². The summed E-state index contributed by atoms with van der Waals surface area (Å²) in [5.74, 6) is 0. The molecule has 1 unspecified atom stereocenters. The molecule has 2 rings (SSSR count). The van der Waals surface area contributed by atoms with Crippen molar-refractivity contribution in [2.45, 2.75) is 32.9 Å². The van der Waals surface area contributed by atoms with Gasteiger partial charge in [-0.15, -0.1) is 0 Å².